The highest BCUT2D eigenvalue weighted by molar-refractivity contribution is 6.74. The topological polar surface area (TPSA) is 88.5 Å². The van der Waals surface area contributed by atoms with Crippen LogP contribution in [-0.2, 0) is 49.5 Å². The van der Waals surface area contributed by atoms with Crippen molar-refractivity contribution in [2.24, 2.45) is 0 Å². The fourth-order valence-corrected chi connectivity index (χ4v) is 7.72. The number of aliphatic hydroxyl groups is 1. The molecule has 4 aromatic rings. The zero-order valence-electron chi connectivity index (χ0n) is 34.5. The molecule has 0 bridgehead atoms. The van der Waals surface area contributed by atoms with E-state index < -0.39 is 38.3 Å². The lowest BCUT2D eigenvalue weighted by Gasteiger charge is -2.38. The molecule has 2 aliphatic rings. The van der Waals surface area contributed by atoms with E-state index in [9.17, 15) is 32.3 Å². The highest BCUT2D eigenvalue weighted by Gasteiger charge is 2.42. The molecule has 4 aromatic carbocycles. The minimum atomic E-state index is -2.64. The van der Waals surface area contributed by atoms with Crippen molar-refractivity contribution in [3.8, 4) is 0 Å². The molecule has 2 saturated heterocycles. The summed E-state index contributed by atoms with van der Waals surface area (Å²) < 4.78 is 70.9. The van der Waals surface area contributed by atoms with Crippen molar-refractivity contribution in [3.63, 3.8) is 0 Å². The van der Waals surface area contributed by atoms with Crippen molar-refractivity contribution in [2.45, 2.75) is 109 Å². The van der Waals surface area contributed by atoms with Gasteiger partial charge in [0.2, 0.25) is 0 Å². The van der Waals surface area contributed by atoms with Gasteiger partial charge in [0.05, 0.1) is 13.1 Å². The fourth-order valence-electron chi connectivity index (χ4n) is 6.47. The van der Waals surface area contributed by atoms with Crippen LogP contribution in [0, 0.1) is 0 Å². The van der Waals surface area contributed by atoms with Gasteiger partial charge in [0.25, 0.3) is 11.8 Å². The average molecular weight is 853 g/mol. The molecule has 0 aliphatic carbocycles. The Bertz CT molecular complexity index is 1940. The number of esters is 2. The third-order valence-corrected chi connectivity index (χ3v) is 15.5. The molecule has 0 saturated carbocycles. The van der Waals surface area contributed by atoms with Crippen molar-refractivity contribution in [1.29, 1.82) is 0 Å². The second-order valence-corrected chi connectivity index (χ2v) is 21.6. The standard InChI is InChI=1S/C26H35F2NO3Si.C20H21F2NO3.CH4/c1-25(2,3)33(4,5)32-23(24(30)31-18-21-9-7-6-8-10-21)17-20-11-13-22(14-12-20)29-16-15-26(27,28)19-29;21-20(22)10-11-23(14-20)17-8-6-15(7-9-17)12-18(24)19(25)26-13-16-4-2-1-3-5-16;/h6-14,23H,15-19H2,1-5H3;1-9,18,24H,10-14H2;1H4/t23-;18-;/m11./s1. The van der Waals surface area contributed by atoms with E-state index in [1.165, 1.54) is 0 Å². The van der Waals surface area contributed by atoms with E-state index in [2.05, 4.69) is 33.9 Å². The van der Waals surface area contributed by atoms with Crippen LogP contribution in [0.4, 0.5) is 28.9 Å². The summed E-state index contributed by atoms with van der Waals surface area (Å²) in [6.45, 7) is 11.1. The zero-order valence-corrected chi connectivity index (χ0v) is 35.5. The summed E-state index contributed by atoms with van der Waals surface area (Å²) in [6.07, 6.45) is -1.76. The van der Waals surface area contributed by atoms with Gasteiger partial charge in [-0.15, -0.1) is 0 Å². The molecule has 0 unspecified atom stereocenters. The predicted molar refractivity (Wildman–Crippen MR) is 231 cm³/mol. The summed E-state index contributed by atoms with van der Waals surface area (Å²) in [5.74, 6) is -6.34. The quantitative estimate of drug-likeness (QED) is 0.0763. The number of benzene rings is 4. The Morgan fingerprint density at radius 1 is 0.650 bits per heavy atom. The van der Waals surface area contributed by atoms with Gasteiger partial charge in [0.15, 0.2) is 14.4 Å². The van der Waals surface area contributed by atoms with E-state index >= 15 is 0 Å². The first-order chi connectivity index (χ1) is 27.8. The molecule has 2 heterocycles. The number of anilines is 2. The third kappa shape index (κ3) is 14.2. The Morgan fingerprint density at radius 3 is 1.43 bits per heavy atom. The minimum absolute atomic E-state index is 0. The van der Waals surface area contributed by atoms with Gasteiger partial charge in [-0.3, -0.25) is 0 Å². The molecule has 8 nitrogen and oxygen atoms in total. The highest BCUT2D eigenvalue weighted by Crippen LogP contribution is 2.38. The maximum atomic E-state index is 13.6. The monoisotopic (exact) mass is 852 g/mol. The number of hydrogen-bond acceptors (Lipinski definition) is 8. The predicted octanol–water partition coefficient (Wildman–Crippen LogP) is 10.0. The van der Waals surface area contributed by atoms with Crippen LogP contribution >= 0.6 is 0 Å². The van der Waals surface area contributed by atoms with E-state index in [-0.39, 0.29) is 64.0 Å². The number of carbonyl (C=O) groups excluding carboxylic acids is 2. The molecule has 2 aliphatic heterocycles. The molecule has 2 atom stereocenters. The number of halogens is 4. The molecular formula is C47H60F4N2O6Si. The third-order valence-electron chi connectivity index (χ3n) is 11.0. The van der Waals surface area contributed by atoms with Crippen molar-refractivity contribution in [1.82, 2.24) is 0 Å². The summed E-state index contributed by atoms with van der Waals surface area (Å²) in [6, 6.07) is 33.2. The lowest BCUT2D eigenvalue weighted by atomic mass is 10.1. The van der Waals surface area contributed by atoms with Crippen LogP contribution in [0.2, 0.25) is 18.1 Å². The molecule has 1 N–H and O–H groups in total. The largest absolute Gasteiger partial charge is 0.459 e. The van der Waals surface area contributed by atoms with Crippen LogP contribution in [0.5, 0.6) is 0 Å². The molecular weight excluding hydrogens is 793 g/mol. The Kier molecular flexibility index (Phi) is 16.5. The molecule has 326 valence electrons. The molecule has 0 radical (unpaired) electrons. The van der Waals surface area contributed by atoms with Gasteiger partial charge in [-0.25, -0.2) is 27.2 Å². The van der Waals surface area contributed by atoms with E-state index in [1.54, 1.807) is 34.1 Å². The van der Waals surface area contributed by atoms with Gasteiger partial charge in [-0.05, 0) is 64.7 Å². The number of rotatable bonds is 14. The smallest absolute Gasteiger partial charge is 0.335 e. The summed E-state index contributed by atoms with van der Waals surface area (Å²) in [7, 11) is -2.23. The van der Waals surface area contributed by atoms with Crippen LogP contribution in [-0.4, -0.2) is 75.6 Å². The van der Waals surface area contributed by atoms with Gasteiger partial charge in [0, 0.05) is 50.1 Å². The summed E-state index contributed by atoms with van der Waals surface area (Å²) in [5, 5.41) is 9.95. The van der Waals surface area contributed by atoms with Crippen molar-refractivity contribution < 1.29 is 46.2 Å². The molecule has 0 amide bonds. The first kappa shape index (κ1) is 47.9. The molecule has 2 fully saturated rings. The van der Waals surface area contributed by atoms with E-state index in [0.717, 1.165) is 27.9 Å². The maximum Gasteiger partial charge on any atom is 0.335 e. The van der Waals surface area contributed by atoms with Crippen LogP contribution in [0.25, 0.3) is 0 Å². The molecule has 13 heteroatoms. The first-order valence-corrected chi connectivity index (χ1v) is 22.9. The Morgan fingerprint density at radius 2 is 1.05 bits per heavy atom. The number of alkyl halides is 4. The fraction of sp³-hybridized carbons (Fsp3) is 0.447. The lowest BCUT2D eigenvalue weighted by Crippen LogP contribution is -2.47. The minimum Gasteiger partial charge on any atom is -0.459 e. The summed E-state index contributed by atoms with van der Waals surface area (Å²) in [4.78, 5) is 28.3. The van der Waals surface area contributed by atoms with Gasteiger partial charge >= 0.3 is 11.9 Å². The Labute approximate surface area is 353 Å². The van der Waals surface area contributed by atoms with E-state index in [1.807, 2.05) is 84.9 Å². The van der Waals surface area contributed by atoms with Crippen LogP contribution < -0.4 is 9.80 Å². The van der Waals surface area contributed by atoms with Gasteiger partial charge < -0.3 is 28.8 Å². The number of aliphatic hydroxyl groups excluding tert-OH is 1. The van der Waals surface area contributed by atoms with Crippen LogP contribution in [0.3, 0.4) is 0 Å². The molecule has 6 rings (SSSR count). The second-order valence-electron chi connectivity index (χ2n) is 16.9. The number of ether oxygens (including phenoxy) is 2. The average Bonchev–Trinajstić information content (AvgIpc) is 3.76. The summed E-state index contributed by atoms with van der Waals surface area (Å²) >= 11 is 0. The van der Waals surface area contributed by atoms with Crippen LogP contribution in [0.15, 0.2) is 109 Å². The van der Waals surface area contributed by atoms with E-state index in [0.29, 0.717) is 25.2 Å². The van der Waals surface area contributed by atoms with Gasteiger partial charge in [-0.2, -0.15) is 0 Å². The molecule has 0 aromatic heterocycles. The SMILES string of the molecule is C.CC(C)(C)[Si](C)(C)O[C@H](Cc1ccc(N2CCC(F)(F)C2)cc1)C(=O)OCc1ccccc1.O=C(OCc1ccccc1)[C@H](O)Cc1ccc(N2CCC(F)(F)C2)cc1. The first-order valence-electron chi connectivity index (χ1n) is 20.0. The van der Waals surface area contributed by atoms with Crippen molar-refractivity contribution in [2.75, 3.05) is 36.0 Å². The Balaban J connectivity index is 0.000000267. The van der Waals surface area contributed by atoms with E-state index in [4.69, 9.17) is 13.9 Å². The number of carbonyl (C=O) groups is 2. The second kappa shape index (κ2) is 20.7. The zero-order chi connectivity index (χ0) is 42.8. The molecule has 60 heavy (non-hydrogen) atoms. The Hall–Kier alpha value is -4.72. The highest BCUT2D eigenvalue weighted by atomic mass is 28.4. The molecule has 0 spiro atoms. The van der Waals surface area contributed by atoms with Gasteiger partial charge in [0.1, 0.15) is 19.3 Å². The lowest BCUT2D eigenvalue weighted by molar-refractivity contribution is -0.155. The van der Waals surface area contributed by atoms with Crippen molar-refractivity contribution in [3.05, 3.63) is 131 Å². The number of nitrogens with zero attached hydrogens (tertiary/aromatic N) is 2. The maximum absolute atomic E-state index is 13.6. The summed E-state index contributed by atoms with van der Waals surface area (Å²) in [5.41, 5.74) is 4.90. The van der Waals surface area contributed by atoms with Gasteiger partial charge in [-0.1, -0.05) is 113 Å². The van der Waals surface area contributed by atoms with Crippen molar-refractivity contribution >= 4 is 31.6 Å². The normalized spacial score (nSPS) is 16.8. The van der Waals surface area contributed by atoms with Crippen LogP contribution in [0.1, 0.15) is 63.3 Å². The number of hydrogen-bond donors (Lipinski definition) is 1.